The van der Waals surface area contributed by atoms with E-state index in [0.29, 0.717) is 5.92 Å². The van der Waals surface area contributed by atoms with Crippen molar-refractivity contribution in [2.75, 3.05) is 7.05 Å². The number of benzene rings is 2. The largest absolute Gasteiger partial charge is 0.341 e. The predicted molar refractivity (Wildman–Crippen MR) is 145 cm³/mol. The standard InChI is InChI=1S/C30H33F2N5O/c1-18(2)26(33-3)28-34-16-24(36-28)21-8-4-19(5-9-21)20-6-10-22(11-7-20)25-17-35-29(37-25)27(38)23-12-14-30(31,32)15-13-23/h4-11,16-18,23,26,33H,12-15H2,1-3H3,(H,34,36)(H,35,37). The Morgan fingerprint density at radius 2 is 1.37 bits per heavy atom. The fraction of sp³-hybridized carbons (Fsp3) is 0.367. The number of carbonyl (C=O) groups is 1. The van der Waals surface area contributed by atoms with E-state index >= 15 is 0 Å². The Hall–Kier alpha value is -3.65. The molecule has 0 saturated heterocycles. The van der Waals surface area contributed by atoms with Crippen LogP contribution in [-0.4, -0.2) is 38.7 Å². The second-order valence-electron chi connectivity index (χ2n) is 10.5. The quantitative estimate of drug-likeness (QED) is 0.218. The second-order valence-corrected chi connectivity index (χ2v) is 10.5. The lowest BCUT2D eigenvalue weighted by Crippen LogP contribution is -2.29. The molecule has 5 rings (SSSR count). The third kappa shape index (κ3) is 5.45. The van der Waals surface area contributed by atoms with Crippen molar-refractivity contribution < 1.29 is 13.6 Å². The summed E-state index contributed by atoms with van der Waals surface area (Å²) in [5.41, 5.74) is 5.84. The van der Waals surface area contributed by atoms with Gasteiger partial charge in [0.1, 0.15) is 5.82 Å². The van der Waals surface area contributed by atoms with Crippen LogP contribution >= 0.6 is 0 Å². The summed E-state index contributed by atoms with van der Waals surface area (Å²) in [4.78, 5) is 28.1. The number of halogens is 2. The molecule has 2 heterocycles. The molecule has 0 aliphatic heterocycles. The summed E-state index contributed by atoms with van der Waals surface area (Å²) in [7, 11) is 1.95. The fourth-order valence-electron chi connectivity index (χ4n) is 5.20. The molecule has 3 N–H and O–H groups in total. The van der Waals surface area contributed by atoms with Crippen molar-refractivity contribution in [3.8, 4) is 33.6 Å². The molecule has 198 valence electrons. The molecule has 4 aromatic rings. The zero-order valence-corrected chi connectivity index (χ0v) is 21.9. The zero-order valence-electron chi connectivity index (χ0n) is 21.9. The Kier molecular flexibility index (Phi) is 7.25. The van der Waals surface area contributed by atoms with Crippen LogP contribution in [0.3, 0.4) is 0 Å². The van der Waals surface area contributed by atoms with E-state index in [1.807, 2.05) is 37.5 Å². The summed E-state index contributed by atoms with van der Waals surface area (Å²) in [6, 6.07) is 16.5. The summed E-state index contributed by atoms with van der Waals surface area (Å²) in [6.07, 6.45) is 3.43. The van der Waals surface area contributed by atoms with Crippen molar-refractivity contribution in [3.05, 3.63) is 72.6 Å². The topological polar surface area (TPSA) is 86.5 Å². The number of hydrogen-bond acceptors (Lipinski definition) is 4. The maximum absolute atomic E-state index is 13.4. The summed E-state index contributed by atoms with van der Waals surface area (Å²) in [6.45, 7) is 4.33. The van der Waals surface area contributed by atoms with E-state index in [4.69, 9.17) is 0 Å². The number of hydrogen-bond donors (Lipinski definition) is 3. The number of aromatic amines is 2. The van der Waals surface area contributed by atoms with Crippen molar-refractivity contribution in [3.63, 3.8) is 0 Å². The van der Waals surface area contributed by atoms with Gasteiger partial charge in [-0.1, -0.05) is 62.4 Å². The molecule has 6 nitrogen and oxygen atoms in total. The number of ketones is 1. The molecule has 0 spiro atoms. The van der Waals surface area contributed by atoms with Crippen LogP contribution in [0.4, 0.5) is 8.78 Å². The van der Waals surface area contributed by atoms with Gasteiger partial charge in [-0.05, 0) is 48.1 Å². The number of nitrogens with zero attached hydrogens (tertiary/aromatic N) is 2. The highest BCUT2D eigenvalue weighted by Gasteiger charge is 2.38. The minimum absolute atomic E-state index is 0.172. The number of imidazole rings is 2. The molecule has 1 saturated carbocycles. The Morgan fingerprint density at radius 1 is 0.868 bits per heavy atom. The van der Waals surface area contributed by atoms with Crippen LogP contribution in [0, 0.1) is 11.8 Å². The minimum Gasteiger partial charge on any atom is -0.341 e. The number of rotatable bonds is 8. The third-order valence-electron chi connectivity index (χ3n) is 7.49. The van der Waals surface area contributed by atoms with Gasteiger partial charge >= 0.3 is 0 Å². The van der Waals surface area contributed by atoms with Gasteiger partial charge < -0.3 is 15.3 Å². The van der Waals surface area contributed by atoms with Gasteiger partial charge in [-0.3, -0.25) is 4.79 Å². The molecule has 1 atom stereocenters. The molecule has 1 aliphatic carbocycles. The molecule has 1 aliphatic rings. The summed E-state index contributed by atoms with van der Waals surface area (Å²) in [5.74, 6) is -1.64. The Bertz CT molecular complexity index is 1380. The molecule has 0 bridgehead atoms. The number of Topliss-reactive ketones (excluding diaryl/α,β-unsaturated/α-hetero) is 1. The molecule has 2 aromatic heterocycles. The van der Waals surface area contributed by atoms with Crippen LogP contribution in [0.2, 0.25) is 0 Å². The van der Waals surface area contributed by atoms with Gasteiger partial charge in [-0.25, -0.2) is 18.7 Å². The van der Waals surface area contributed by atoms with Gasteiger partial charge in [-0.15, -0.1) is 0 Å². The van der Waals surface area contributed by atoms with E-state index in [1.165, 1.54) is 0 Å². The average Bonchev–Trinajstić information content (AvgIpc) is 3.60. The van der Waals surface area contributed by atoms with Gasteiger partial charge in [0, 0.05) is 18.8 Å². The van der Waals surface area contributed by atoms with Crippen LogP contribution in [0.15, 0.2) is 60.9 Å². The van der Waals surface area contributed by atoms with Crippen LogP contribution < -0.4 is 5.32 Å². The van der Waals surface area contributed by atoms with Gasteiger partial charge in [-0.2, -0.15) is 0 Å². The first-order valence-electron chi connectivity index (χ1n) is 13.1. The highest BCUT2D eigenvalue weighted by atomic mass is 19.3. The molecule has 1 unspecified atom stereocenters. The molecular weight excluding hydrogens is 484 g/mol. The van der Waals surface area contributed by atoms with E-state index in [1.54, 1.807) is 6.20 Å². The van der Waals surface area contributed by atoms with Crippen LogP contribution in [-0.2, 0) is 0 Å². The summed E-state index contributed by atoms with van der Waals surface area (Å²) < 4.78 is 26.9. The normalized spacial score (nSPS) is 16.6. The number of aromatic nitrogens is 4. The van der Waals surface area contributed by atoms with Crippen molar-refractivity contribution in [2.45, 2.75) is 51.5 Å². The van der Waals surface area contributed by atoms with E-state index < -0.39 is 11.8 Å². The molecule has 1 fully saturated rings. The first-order chi connectivity index (χ1) is 18.2. The number of H-pyrrole nitrogens is 2. The Morgan fingerprint density at radius 3 is 1.89 bits per heavy atom. The van der Waals surface area contributed by atoms with Crippen LogP contribution in [0.1, 0.15) is 62.0 Å². The van der Waals surface area contributed by atoms with Gasteiger partial charge in [0.25, 0.3) is 0 Å². The van der Waals surface area contributed by atoms with E-state index in [0.717, 1.165) is 39.5 Å². The van der Waals surface area contributed by atoms with Gasteiger partial charge in [0.2, 0.25) is 11.7 Å². The lowest BCUT2D eigenvalue weighted by Gasteiger charge is -2.26. The molecule has 8 heteroatoms. The van der Waals surface area contributed by atoms with Gasteiger partial charge in [0.15, 0.2) is 5.82 Å². The average molecular weight is 518 g/mol. The number of carbonyl (C=O) groups excluding carboxylic acids is 1. The van der Waals surface area contributed by atoms with Crippen molar-refractivity contribution in [1.29, 1.82) is 0 Å². The van der Waals surface area contributed by atoms with Crippen LogP contribution in [0.25, 0.3) is 33.6 Å². The Balaban J connectivity index is 1.26. The van der Waals surface area contributed by atoms with Crippen molar-refractivity contribution in [2.24, 2.45) is 11.8 Å². The van der Waals surface area contributed by atoms with E-state index in [9.17, 15) is 13.6 Å². The highest BCUT2D eigenvalue weighted by molar-refractivity contribution is 5.95. The first-order valence-corrected chi connectivity index (χ1v) is 13.1. The predicted octanol–water partition coefficient (Wildman–Crippen LogP) is 7.06. The van der Waals surface area contributed by atoms with E-state index in [-0.39, 0.29) is 43.3 Å². The molecule has 38 heavy (non-hydrogen) atoms. The number of nitrogens with one attached hydrogen (secondary N) is 3. The molecule has 0 amide bonds. The van der Waals surface area contributed by atoms with Gasteiger partial charge in [0.05, 0.1) is 29.8 Å². The van der Waals surface area contributed by atoms with Crippen molar-refractivity contribution >= 4 is 5.78 Å². The third-order valence-corrected chi connectivity index (χ3v) is 7.49. The highest BCUT2D eigenvalue weighted by Crippen LogP contribution is 2.37. The smallest absolute Gasteiger partial charge is 0.248 e. The number of alkyl halides is 2. The maximum Gasteiger partial charge on any atom is 0.248 e. The molecular formula is C30H33F2N5O. The second kappa shape index (κ2) is 10.6. The molecule has 2 aromatic carbocycles. The fourth-order valence-corrected chi connectivity index (χ4v) is 5.20. The Labute approximate surface area is 221 Å². The lowest BCUT2D eigenvalue weighted by atomic mass is 9.84. The zero-order chi connectivity index (χ0) is 26.9. The minimum atomic E-state index is -2.65. The van der Waals surface area contributed by atoms with Crippen molar-refractivity contribution in [1.82, 2.24) is 25.3 Å². The van der Waals surface area contributed by atoms with Crippen LogP contribution in [0.5, 0.6) is 0 Å². The maximum atomic E-state index is 13.4. The molecule has 0 radical (unpaired) electrons. The SMILES string of the molecule is CNC(c1ncc(-c2ccc(-c3ccc(-c4cnc(C(=O)C5CCC(F)(F)CC5)[nH]4)cc3)cc2)[nH]1)C(C)C. The summed E-state index contributed by atoms with van der Waals surface area (Å²) >= 11 is 0. The monoisotopic (exact) mass is 517 g/mol. The lowest BCUT2D eigenvalue weighted by molar-refractivity contribution is -0.0425. The van der Waals surface area contributed by atoms with E-state index in [2.05, 4.69) is 63.4 Å². The first kappa shape index (κ1) is 26.0. The summed E-state index contributed by atoms with van der Waals surface area (Å²) in [5, 5.41) is 3.31.